The van der Waals surface area contributed by atoms with E-state index in [1.165, 1.54) is 11.1 Å². The lowest BCUT2D eigenvalue weighted by molar-refractivity contribution is 0.0893. The molecule has 1 N–H and O–H groups in total. The minimum Gasteiger partial charge on any atom is -0.376 e. The van der Waals surface area contributed by atoms with Gasteiger partial charge >= 0.3 is 0 Å². The first-order chi connectivity index (χ1) is 16.9. The van der Waals surface area contributed by atoms with Gasteiger partial charge in [0.2, 0.25) is 0 Å². The maximum atomic E-state index is 12.9. The largest absolute Gasteiger partial charge is 0.376 e. The molecule has 1 aromatic carbocycles. The zero-order valence-corrected chi connectivity index (χ0v) is 21.0. The van der Waals surface area contributed by atoms with Crippen molar-refractivity contribution in [2.75, 3.05) is 19.7 Å². The van der Waals surface area contributed by atoms with Gasteiger partial charge in [-0.15, -0.1) is 0 Å². The summed E-state index contributed by atoms with van der Waals surface area (Å²) in [6.45, 7) is 11.4. The van der Waals surface area contributed by atoms with Crippen LogP contribution in [-0.2, 0) is 31.4 Å². The molecule has 6 heteroatoms. The van der Waals surface area contributed by atoms with Crippen molar-refractivity contribution in [1.82, 2.24) is 14.8 Å². The average Bonchev–Trinajstić information content (AvgIpc) is 2.88. The highest BCUT2D eigenvalue weighted by atomic mass is 16.5. The molecule has 0 fully saturated rings. The molecule has 6 nitrogen and oxygen atoms in total. The number of nitrogens with zero attached hydrogens (tertiary/aromatic N) is 2. The molecule has 2 aliphatic heterocycles. The van der Waals surface area contributed by atoms with Gasteiger partial charge in [0.05, 0.1) is 13.2 Å². The van der Waals surface area contributed by atoms with E-state index in [9.17, 15) is 9.59 Å². The first kappa shape index (κ1) is 24.7. The van der Waals surface area contributed by atoms with Crippen molar-refractivity contribution in [2.24, 2.45) is 7.05 Å². The summed E-state index contributed by atoms with van der Waals surface area (Å²) in [6, 6.07) is 7.92. The van der Waals surface area contributed by atoms with Crippen molar-refractivity contribution in [2.45, 2.75) is 45.8 Å². The Hall–Kier alpha value is -3.38. The number of amides is 1. The van der Waals surface area contributed by atoms with Gasteiger partial charge in [0.15, 0.2) is 0 Å². The maximum Gasteiger partial charge on any atom is 0.253 e. The predicted molar refractivity (Wildman–Crippen MR) is 139 cm³/mol. The Morgan fingerprint density at radius 1 is 1.29 bits per heavy atom. The SMILES string of the molecule is C=C(/C=C(\C=C/C)N1CCc2c(ccn(C)c2=O)C1)CNC(=O)c1ccc2c(c1)[C@H](CC)COC2. The average molecular weight is 474 g/mol. The van der Waals surface area contributed by atoms with Crippen LogP contribution in [0.1, 0.15) is 58.8 Å². The summed E-state index contributed by atoms with van der Waals surface area (Å²) in [5, 5.41) is 3.02. The number of hydrogen-bond acceptors (Lipinski definition) is 4. The number of benzene rings is 1. The topological polar surface area (TPSA) is 63.6 Å². The van der Waals surface area contributed by atoms with Gasteiger partial charge in [0, 0.05) is 55.6 Å². The Balaban J connectivity index is 1.43. The van der Waals surface area contributed by atoms with Crippen LogP contribution in [0.5, 0.6) is 0 Å². The van der Waals surface area contributed by atoms with E-state index >= 15 is 0 Å². The van der Waals surface area contributed by atoms with Crippen LogP contribution in [0.2, 0.25) is 0 Å². The van der Waals surface area contributed by atoms with Crippen LogP contribution in [-0.4, -0.2) is 35.1 Å². The molecular formula is C29H35N3O3. The van der Waals surface area contributed by atoms with E-state index in [-0.39, 0.29) is 11.5 Å². The lowest BCUT2D eigenvalue weighted by atomic mass is 9.89. The summed E-state index contributed by atoms with van der Waals surface area (Å²) in [7, 11) is 1.79. The first-order valence-corrected chi connectivity index (χ1v) is 12.3. The summed E-state index contributed by atoms with van der Waals surface area (Å²) < 4.78 is 7.31. The molecule has 2 aliphatic rings. The minimum atomic E-state index is -0.0981. The Kier molecular flexibility index (Phi) is 7.71. The fraction of sp³-hybridized carbons (Fsp3) is 0.379. The molecule has 0 aliphatic carbocycles. The highest BCUT2D eigenvalue weighted by molar-refractivity contribution is 5.94. The third kappa shape index (κ3) is 5.49. The summed E-state index contributed by atoms with van der Waals surface area (Å²) in [5.74, 6) is 0.238. The van der Waals surface area contributed by atoms with E-state index in [1.807, 2.05) is 49.5 Å². The van der Waals surface area contributed by atoms with Gasteiger partial charge < -0.3 is 19.5 Å². The standard InChI is InChI=1S/C29H35N3O3/c1-5-7-25(32-13-11-26-23(17-32)10-12-31(4)29(26)34)14-20(3)16-30-28(33)22-8-9-24-19-35-18-21(6-2)27(24)15-22/h5,7-10,12,14-15,21H,3,6,11,13,16-19H2,1-2,4H3,(H,30,33)/b7-5-,25-14+/t21-/m1/s1. The fourth-order valence-electron chi connectivity index (χ4n) is 4.85. The van der Waals surface area contributed by atoms with Gasteiger partial charge in [-0.2, -0.15) is 0 Å². The fourth-order valence-corrected chi connectivity index (χ4v) is 4.85. The highest BCUT2D eigenvalue weighted by Gasteiger charge is 2.22. The van der Waals surface area contributed by atoms with Crippen LogP contribution < -0.4 is 10.9 Å². The number of carbonyl (C=O) groups is 1. The molecular weight excluding hydrogens is 438 g/mol. The molecule has 184 valence electrons. The highest BCUT2D eigenvalue weighted by Crippen LogP contribution is 2.30. The van der Waals surface area contributed by atoms with Crippen molar-refractivity contribution >= 4 is 5.91 Å². The molecule has 0 bridgehead atoms. The maximum absolute atomic E-state index is 12.9. The smallest absolute Gasteiger partial charge is 0.253 e. The molecule has 0 saturated heterocycles. The summed E-state index contributed by atoms with van der Waals surface area (Å²) in [6.07, 6.45) is 9.60. The Bertz CT molecular complexity index is 1240. The van der Waals surface area contributed by atoms with E-state index in [2.05, 4.69) is 29.8 Å². The number of pyridine rings is 1. The normalized spacial score (nSPS) is 17.7. The van der Waals surface area contributed by atoms with E-state index in [0.29, 0.717) is 44.2 Å². The van der Waals surface area contributed by atoms with Crippen molar-refractivity contribution < 1.29 is 9.53 Å². The van der Waals surface area contributed by atoms with Gasteiger partial charge in [0.1, 0.15) is 0 Å². The second-order valence-electron chi connectivity index (χ2n) is 9.35. The number of aryl methyl sites for hydroxylation is 1. The lowest BCUT2D eigenvalue weighted by Gasteiger charge is -2.31. The van der Waals surface area contributed by atoms with E-state index in [4.69, 9.17) is 4.74 Å². The molecule has 0 radical (unpaired) electrons. The zero-order valence-electron chi connectivity index (χ0n) is 21.0. The van der Waals surface area contributed by atoms with Crippen LogP contribution in [0.4, 0.5) is 0 Å². The summed E-state index contributed by atoms with van der Waals surface area (Å²) >= 11 is 0. The van der Waals surface area contributed by atoms with Crippen LogP contribution in [0, 0.1) is 0 Å². The Morgan fingerprint density at radius 3 is 2.89 bits per heavy atom. The number of aromatic nitrogens is 1. The molecule has 1 amide bonds. The first-order valence-electron chi connectivity index (χ1n) is 12.3. The minimum absolute atomic E-state index is 0.0887. The monoisotopic (exact) mass is 473 g/mol. The lowest BCUT2D eigenvalue weighted by Crippen LogP contribution is -2.35. The van der Waals surface area contributed by atoms with Crippen LogP contribution >= 0.6 is 0 Å². The van der Waals surface area contributed by atoms with Crippen molar-refractivity contribution in [1.29, 1.82) is 0 Å². The van der Waals surface area contributed by atoms with Crippen molar-refractivity contribution in [3.63, 3.8) is 0 Å². The molecule has 0 saturated carbocycles. The molecule has 1 aromatic heterocycles. The molecule has 4 rings (SSSR count). The number of allylic oxidation sites excluding steroid dienone is 2. The molecule has 1 atom stereocenters. The molecule has 0 spiro atoms. The molecule has 2 aromatic rings. The third-order valence-corrected chi connectivity index (χ3v) is 6.91. The van der Waals surface area contributed by atoms with Crippen LogP contribution in [0.15, 0.2) is 71.3 Å². The number of carbonyl (C=O) groups excluding carboxylic acids is 1. The Morgan fingerprint density at radius 2 is 2.11 bits per heavy atom. The number of hydrogen-bond donors (Lipinski definition) is 1. The van der Waals surface area contributed by atoms with Gasteiger partial charge in [-0.05, 0) is 72.4 Å². The van der Waals surface area contributed by atoms with Crippen molar-refractivity contribution in [3.05, 3.63) is 105 Å². The van der Waals surface area contributed by atoms with E-state index in [1.54, 1.807) is 11.6 Å². The molecule has 35 heavy (non-hydrogen) atoms. The third-order valence-electron chi connectivity index (χ3n) is 6.91. The van der Waals surface area contributed by atoms with E-state index < -0.39 is 0 Å². The van der Waals surface area contributed by atoms with Gasteiger partial charge in [-0.1, -0.05) is 25.6 Å². The Labute approximate surface area is 207 Å². The van der Waals surface area contributed by atoms with Gasteiger partial charge in [-0.25, -0.2) is 0 Å². The van der Waals surface area contributed by atoms with Crippen LogP contribution in [0.25, 0.3) is 0 Å². The molecule has 3 heterocycles. The number of nitrogens with one attached hydrogen (secondary N) is 1. The zero-order chi connectivity index (χ0) is 24.9. The number of rotatable bonds is 7. The number of ether oxygens (including phenoxy) is 1. The number of fused-ring (bicyclic) bond motifs is 2. The predicted octanol–water partition coefficient (Wildman–Crippen LogP) is 4.21. The van der Waals surface area contributed by atoms with Crippen molar-refractivity contribution in [3.8, 4) is 0 Å². The van der Waals surface area contributed by atoms with Gasteiger partial charge in [0.25, 0.3) is 11.5 Å². The second kappa shape index (κ2) is 10.9. The molecule has 0 unspecified atom stereocenters. The van der Waals surface area contributed by atoms with Crippen LogP contribution in [0.3, 0.4) is 0 Å². The summed E-state index contributed by atoms with van der Waals surface area (Å²) in [4.78, 5) is 27.6. The van der Waals surface area contributed by atoms with E-state index in [0.717, 1.165) is 35.4 Å². The second-order valence-corrected chi connectivity index (χ2v) is 9.35. The quantitative estimate of drug-likeness (QED) is 0.612. The summed E-state index contributed by atoms with van der Waals surface area (Å²) in [5.41, 5.74) is 6.96. The van der Waals surface area contributed by atoms with Gasteiger partial charge in [-0.3, -0.25) is 9.59 Å².